The van der Waals surface area contributed by atoms with Crippen LogP contribution in [0.5, 0.6) is 5.75 Å². The molecule has 140 valence electrons. The third-order valence-electron chi connectivity index (χ3n) is 4.04. The van der Waals surface area contributed by atoms with Crippen LogP contribution in [0.25, 0.3) is 0 Å². The number of hydrogen-bond donors (Lipinski definition) is 1. The van der Waals surface area contributed by atoms with Crippen molar-refractivity contribution in [1.29, 1.82) is 0 Å². The summed E-state index contributed by atoms with van der Waals surface area (Å²) in [6.07, 6.45) is -9.86. The zero-order chi connectivity index (χ0) is 19.3. The number of amides is 1. The summed E-state index contributed by atoms with van der Waals surface area (Å²) in [7, 11) is 0. The summed E-state index contributed by atoms with van der Waals surface area (Å²) < 4.78 is 83.7. The van der Waals surface area contributed by atoms with E-state index in [9.17, 15) is 31.1 Å². The fraction of sp³-hybridized carbons (Fsp3) is 0.312. The van der Waals surface area contributed by atoms with Crippen molar-refractivity contribution in [1.82, 2.24) is 0 Å². The van der Waals surface area contributed by atoms with Crippen molar-refractivity contribution < 1.29 is 40.3 Å². The van der Waals surface area contributed by atoms with Crippen LogP contribution in [0, 0.1) is 0 Å². The van der Waals surface area contributed by atoms with E-state index < -0.39 is 35.4 Å². The molecule has 1 atom stereocenters. The number of ether oxygens (including phenoxy) is 1. The average Bonchev–Trinajstić information content (AvgIpc) is 3.03. The molecule has 1 unspecified atom stereocenters. The molecule has 2 aromatic rings. The molecule has 2 heterocycles. The molecule has 26 heavy (non-hydrogen) atoms. The van der Waals surface area contributed by atoms with Crippen LogP contribution in [-0.4, -0.2) is 12.3 Å². The Morgan fingerprint density at radius 1 is 1.12 bits per heavy atom. The quantitative estimate of drug-likeness (QED) is 0.790. The summed E-state index contributed by atoms with van der Waals surface area (Å²) in [5.74, 6) is -2.44. The fourth-order valence-corrected chi connectivity index (χ4v) is 2.82. The Morgan fingerprint density at radius 3 is 2.38 bits per heavy atom. The van der Waals surface area contributed by atoms with Gasteiger partial charge < -0.3 is 14.5 Å². The SMILES string of the molecule is CC1(Cc2ccc(C(F)(F)F)o2)C(=O)Nc2ccc(OC(F)(F)F)cc21. The van der Waals surface area contributed by atoms with Crippen molar-refractivity contribution in [3.05, 3.63) is 47.4 Å². The highest BCUT2D eigenvalue weighted by molar-refractivity contribution is 6.06. The minimum absolute atomic E-state index is 0.120. The van der Waals surface area contributed by atoms with E-state index >= 15 is 0 Å². The molecule has 0 spiro atoms. The molecular weight excluding hydrogens is 368 g/mol. The average molecular weight is 379 g/mol. The Kier molecular flexibility index (Phi) is 3.97. The smallest absolute Gasteiger partial charge is 0.456 e. The lowest BCUT2D eigenvalue weighted by Crippen LogP contribution is -2.33. The summed E-state index contributed by atoms with van der Waals surface area (Å²) in [4.78, 5) is 12.3. The maximum absolute atomic E-state index is 12.6. The topological polar surface area (TPSA) is 51.5 Å². The van der Waals surface area contributed by atoms with Crippen LogP contribution >= 0.6 is 0 Å². The van der Waals surface area contributed by atoms with Crippen LogP contribution < -0.4 is 10.1 Å². The van der Waals surface area contributed by atoms with Gasteiger partial charge in [-0.2, -0.15) is 13.2 Å². The number of rotatable bonds is 3. The van der Waals surface area contributed by atoms with Gasteiger partial charge in [-0.1, -0.05) is 0 Å². The Hall–Kier alpha value is -2.65. The number of furan rings is 1. The van der Waals surface area contributed by atoms with Gasteiger partial charge >= 0.3 is 12.5 Å². The molecule has 0 radical (unpaired) electrons. The van der Waals surface area contributed by atoms with Crippen LogP contribution in [0.1, 0.15) is 24.0 Å². The van der Waals surface area contributed by atoms with E-state index in [1.165, 1.54) is 13.0 Å². The van der Waals surface area contributed by atoms with Crippen molar-refractivity contribution in [2.24, 2.45) is 0 Å². The van der Waals surface area contributed by atoms with E-state index in [2.05, 4.69) is 10.1 Å². The Labute approximate surface area is 142 Å². The Balaban J connectivity index is 1.94. The second kappa shape index (κ2) is 5.68. The molecule has 0 aliphatic carbocycles. The van der Waals surface area contributed by atoms with E-state index in [0.29, 0.717) is 0 Å². The van der Waals surface area contributed by atoms with Gasteiger partial charge in [-0.3, -0.25) is 4.79 Å². The Bertz CT molecular complexity index is 854. The lowest BCUT2D eigenvalue weighted by atomic mass is 9.80. The van der Waals surface area contributed by atoms with Crippen LogP contribution in [0.15, 0.2) is 34.7 Å². The van der Waals surface area contributed by atoms with Crippen molar-refractivity contribution in [3.8, 4) is 5.75 Å². The van der Waals surface area contributed by atoms with Gasteiger partial charge in [0.25, 0.3) is 0 Å². The van der Waals surface area contributed by atoms with E-state index in [-0.39, 0.29) is 23.4 Å². The van der Waals surface area contributed by atoms with Crippen molar-refractivity contribution >= 4 is 11.6 Å². The number of alkyl halides is 6. The summed E-state index contributed by atoms with van der Waals surface area (Å²) >= 11 is 0. The first kappa shape index (κ1) is 18.2. The minimum atomic E-state index is -4.91. The van der Waals surface area contributed by atoms with Gasteiger partial charge in [0, 0.05) is 12.1 Å². The van der Waals surface area contributed by atoms with Crippen molar-refractivity contribution in [3.63, 3.8) is 0 Å². The van der Waals surface area contributed by atoms with Crippen LogP contribution in [-0.2, 0) is 22.8 Å². The van der Waals surface area contributed by atoms with Crippen molar-refractivity contribution in [2.45, 2.75) is 31.3 Å². The highest BCUT2D eigenvalue weighted by atomic mass is 19.4. The van der Waals surface area contributed by atoms with Gasteiger partial charge in [0.1, 0.15) is 11.5 Å². The molecule has 3 rings (SSSR count). The monoisotopic (exact) mass is 379 g/mol. The molecule has 1 aromatic heterocycles. The number of fused-ring (bicyclic) bond motifs is 1. The van der Waals surface area contributed by atoms with Crippen LogP contribution in [0.4, 0.5) is 32.0 Å². The predicted octanol–water partition coefficient (Wildman–Crippen LogP) is 4.65. The minimum Gasteiger partial charge on any atom is -0.456 e. The first-order valence-electron chi connectivity index (χ1n) is 7.26. The highest BCUT2D eigenvalue weighted by Gasteiger charge is 2.45. The normalized spacial score (nSPS) is 20.0. The number of hydrogen-bond acceptors (Lipinski definition) is 3. The second-order valence-electron chi connectivity index (χ2n) is 5.98. The molecule has 10 heteroatoms. The highest BCUT2D eigenvalue weighted by Crippen LogP contribution is 2.43. The van der Waals surface area contributed by atoms with E-state index in [1.54, 1.807) is 0 Å². The number of anilines is 1. The molecule has 1 aliphatic heterocycles. The molecule has 1 amide bonds. The predicted molar refractivity (Wildman–Crippen MR) is 76.5 cm³/mol. The standard InChI is InChI=1S/C16H11F6NO3/c1-14(7-9-3-5-12(25-9)15(17,18)19)10-6-8(26-16(20,21)22)2-4-11(10)23-13(14)24/h2-6H,7H2,1H3,(H,23,24). The third-order valence-corrected chi connectivity index (χ3v) is 4.04. The van der Waals surface area contributed by atoms with Gasteiger partial charge in [-0.05, 0) is 42.8 Å². The van der Waals surface area contributed by atoms with Gasteiger partial charge in [-0.25, -0.2) is 0 Å². The van der Waals surface area contributed by atoms with Gasteiger partial charge in [0.15, 0.2) is 0 Å². The molecule has 1 aromatic carbocycles. The lowest BCUT2D eigenvalue weighted by Gasteiger charge is -2.21. The third kappa shape index (κ3) is 3.35. The fourth-order valence-electron chi connectivity index (χ4n) is 2.82. The first-order valence-corrected chi connectivity index (χ1v) is 7.26. The maximum Gasteiger partial charge on any atom is 0.573 e. The molecule has 0 fully saturated rings. The first-order chi connectivity index (χ1) is 11.9. The molecule has 4 nitrogen and oxygen atoms in total. The summed E-state index contributed by atoms with van der Waals surface area (Å²) in [5.41, 5.74) is -0.982. The summed E-state index contributed by atoms with van der Waals surface area (Å²) in [6.45, 7) is 1.40. The number of halogens is 6. The summed E-state index contributed by atoms with van der Waals surface area (Å²) in [6, 6.07) is 5.12. The Morgan fingerprint density at radius 2 is 1.81 bits per heavy atom. The maximum atomic E-state index is 12.6. The van der Waals surface area contributed by atoms with Crippen molar-refractivity contribution in [2.75, 3.05) is 5.32 Å². The molecule has 1 aliphatic rings. The largest absolute Gasteiger partial charge is 0.573 e. The number of carbonyl (C=O) groups is 1. The summed E-state index contributed by atoms with van der Waals surface area (Å²) in [5, 5.41) is 2.50. The lowest BCUT2D eigenvalue weighted by molar-refractivity contribution is -0.274. The zero-order valence-corrected chi connectivity index (χ0v) is 13.1. The zero-order valence-electron chi connectivity index (χ0n) is 13.1. The van der Waals surface area contributed by atoms with Crippen LogP contribution in [0.2, 0.25) is 0 Å². The van der Waals surface area contributed by atoms with E-state index in [4.69, 9.17) is 4.42 Å². The molecule has 1 N–H and O–H groups in total. The van der Waals surface area contributed by atoms with Gasteiger partial charge in [0.2, 0.25) is 11.7 Å². The molecule has 0 saturated carbocycles. The van der Waals surface area contributed by atoms with Gasteiger partial charge in [-0.15, -0.1) is 13.2 Å². The van der Waals surface area contributed by atoms with Gasteiger partial charge in [0.05, 0.1) is 5.41 Å². The molecule has 0 saturated heterocycles. The molecular formula is C16H11F6NO3. The number of benzene rings is 1. The second-order valence-corrected chi connectivity index (χ2v) is 5.98. The van der Waals surface area contributed by atoms with E-state index in [1.807, 2.05) is 0 Å². The number of nitrogens with one attached hydrogen (secondary N) is 1. The number of carbonyl (C=O) groups excluding carboxylic acids is 1. The van der Waals surface area contributed by atoms with Crippen LogP contribution in [0.3, 0.4) is 0 Å². The molecule has 0 bridgehead atoms. The van der Waals surface area contributed by atoms with E-state index in [0.717, 1.165) is 24.3 Å².